The molecule has 1 fully saturated rings. The number of pyridine rings is 1. The van der Waals surface area contributed by atoms with Gasteiger partial charge in [-0.3, -0.25) is 5.32 Å². The zero-order valence-electron chi connectivity index (χ0n) is 27.8. The summed E-state index contributed by atoms with van der Waals surface area (Å²) in [5.74, 6) is -6.43. The number of unbranched alkanes of at least 4 members (excludes halogenated alkanes) is 1. The highest BCUT2D eigenvalue weighted by Crippen LogP contribution is 2.47. The van der Waals surface area contributed by atoms with Gasteiger partial charge in [0, 0.05) is 18.9 Å². The van der Waals surface area contributed by atoms with Crippen LogP contribution in [0.1, 0.15) is 80.4 Å². The number of esters is 1. The molecule has 2 aromatic heterocycles. The fourth-order valence-electron chi connectivity index (χ4n) is 5.11. The van der Waals surface area contributed by atoms with E-state index >= 15 is 13.2 Å². The lowest BCUT2D eigenvalue weighted by Gasteiger charge is -2.35. The van der Waals surface area contributed by atoms with Crippen LogP contribution < -0.4 is 10.6 Å². The molecule has 1 atom stereocenters. The number of carbonyl (C=O) groups is 2. The van der Waals surface area contributed by atoms with Crippen molar-refractivity contribution in [3.8, 4) is 11.6 Å². The van der Waals surface area contributed by atoms with Gasteiger partial charge in [-0.1, -0.05) is 30.3 Å². The number of aromatic nitrogens is 3. The van der Waals surface area contributed by atoms with Crippen molar-refractivity contribution in [3.63, 3.8) is 0 Å². The number of amides is 1. The van der Waals surface area contributed by atoms with Crippen LogP contribution in [0.25, 0.3) is 11.6 Å². The number of rotatable bonds is 13. The van der Waals surface area contributed by atoms with E-state index in [1.807, 2.05) is 5.32 Å². The number of halogens is 8. The second-order valence-corrected chi connectivity index (χ2v) is 12.8. The van der Waals surface area contributed by atoms with Gasteiger partial charge in [0.05, 0.1) is 25.0 Å². The Balaban J connectivity index is 1.76. The van der Waals surface area contributed by atoms with Crippen LogP contribution in [-0.4, -0.2) is 64.6 Å². The van der Waals surface area contributed by atoms with Crippen molar-refractivity contribution in [2.45, 2.75) is 95.0 Å². The van der Waals surface area contributed by atoms with E-state index in [9.17, 15) is 31.5 Å². The molecule has 4 rings (SSSR count). The summed E-state index contributed by atoms with van der Waals surface area (Å²) in [5.41, 5.74) is -8.65. The first-order valence-corrected chi connectivity index (χ1v) is 15.5. The molecule has 1 amide bonds. The van der Waals surface area contributed by atoms with E-state index < -0.39 is 95.0 Å². The summed E-state index contributed by atoms with van der Waals surface area (Å²) in [6.07, 6.45) is -13.4. The Hall–Kier alpha value is -4.39. The van der Waals surface area contributed by atoms with Crippen LogP contribution in [0, 0.1) is 0 Å². The molecule has 0 radical (unpaired) electrons. The summed E-state index contributed by atoms with van der Waals surface area (Å²) in [6.45, 7) is 3.92. The van der Waals surface area contributed by atoms with Crippen molar-refractivity contribution in [3.05, 3.63) is 59.1 Å². The number of methoxy groups -OCH3 is 1. The van der Waals surface area contributed by atoms with Gasteiger partial charge in [-0.25, -0.2) is 23.4 Å². The highest BCUT2D eigenvalue weighted by atomic mass is 19.4. The van der Waals surface area contributed by atoms with Crippen molar-refractivity contribution in [1.82, 2.24) is 20.5 Å². The summed E-state index contributed by atoms with van der Waals surface area (Å²) in [7, 11) is 0.778. The van der Waals surface area contributed by atoms with Crippen molar-refractivity contribution in [1.29, 1.82) is 0 Å². The molecular weight excluding hydrogens is 702 g/mol. The van der Waals surface area contributed by atoms with Crippen LogP contribution in [-0.2, 0) is 32.6 Å². The molecule has 2 N–H and O–H groups in total. The van der Waals surface area contributed by atoms with Gasteiger partial charge in [-0.05, 0) is 58.2 Å². The second-order valence-electron chi connectivity index (χ2n) is 12.8. The van der Waals surface area contributed by atoms with Crippen LogP contribution >= 0.6 is 0 Å². The first-order valence-electron chi connectivity index (χ1n) is 15.5. The Bertz CT molecular complexity index is 1670. The van der Waals surface area contributed by atoms with Crippen LogP contribution in [0.5, 0.6) is 0 Å². The molecule has 19 heteroatoms. The Morgan fingerprint density at radius 3 is 2.24 bits per heavy atom. The number of anilines is 1. The monoisotopic (exact) mass is 737 g/mol. The minimum atomic E-state index is -5.22. The molecule has 3 aromatic rings. The molecule has 280 valence electrons. The van der Waals surface area contributed by atoms with Crippen molar-refractivity contribution >= 4 is 17.7 Å². The lowest BCUT2D eigenvalue weighted by atomic mass is 9.88. The highest BCUT2D eigenvalue weighted by molar-refractivity contribution is 5.94. The SMILES string of the molecule is COC(=O)c1nc(-c2nnc(C(CCCCNC3CC(F)(F)C3)(OCc3ccccc3)C(F)(F)F)o2)c(NC(=O)OC(C)(C)C)cc1C(F)(F)F. The number of nitrogens with one attached hydrogen (secondary N) is 2. The van der Waals surface area contributed by atoms with Gasteiger partial charge < -0.3 is 23.9 Å². The maximum Gasteiger partial charge on any atom is 0.426 e. The first-order chi connectivity index (χ1) is 23.6. The molecule has 11 nitrogen and oxygen atoms in total. The molecule has 1 aliphatic carbocycles. The van der Waals surface area contributed by atoms with E-state index in [2.05, 4.69) is 25.2 Å². The van der Waals surface area contributed by atoms with Gasteiger partial charge in [0.2, 0.25) is 5.60 Å². The van der Waals surface area contributed by atoms with Crippen LogP contribution in [0.3, 0.4) is 0 Å². The lowest BCUT2D eigenvalue weighted by molar-refractivity contribution is -0.300. The number of hydrogen-bond acceptors (Lipinski definition) is 10. The molecule has 0 spiro atoms. The van der Waals surface area contributed by atoms with Crippen LogP contribution in [0.2, 0.25) is 0 Å². The molecule has 0 aliphatic heterocycles. The molecule has 51 heavy (non-hydrogen) atoms. The van der Waals surface area contributed by atoms with Crippen LogP contribution in [0.15, 0.2) is 40.8 Å². The summed E-state index contributed by atoms with van der Waals surface area (Å²) < 4.78 is 134. The summed E-state index contributed by atoms with van der Waals surface area (Å²) >= 11 is 0. The third kappa shape index (κ3) is 9.90. The van der Waals surface area contributed by atoms with Gasteiger partial charge in [0.25, 0.3) is 17.7 Å². The Morgan fingerprint density at radius 1 is 1.00 bits per heavy atom. The van der Waals surface area contributed by atoms with Crippen LogP contribution in [0.4, 0.5) is 45.6 Å². The number of benzene rings is 1. The third-order valence-corrected chi connectivity index (χ3v) is 7.58. The normalized spacial score (nSPS) is 16.2. The van der Waals surface area contributed by atoms with E-state index in [-0.39, 0.29) is 32.2 Å². The fourth-order valence-corrected chi connectivity index (χ4v) is 5.11. The molecule has 2 heterocycles. The van der Waals surface area contributed by atoms with Gasteiger partial charge in [0.15, 0.2) is 11.4 Å². The maximum absolute atomic E-state index is 15.1. The number of carbonyl (C=O) groups excluding carboxylic acids is 2. The zero-order valence-corrected chi connectivity index (χ0v) is 27.8. The van der Waals surface area contributed by atoms with E-state index in [0.717, 1.165) is 7.11 Å². The summed E-state index contributed by atoms with van der Waals surface area (Å²) in [4.78, 5) is 28.7. The predicted octanol–water partition coefficient (Wildman–Crippen LogP) is 7.82. The van der Waals surface area contributed by atoms with Crippen molar-refractivity contribution in [2.75, 3.05) is 19.0 Å². The van der Waals surface area contributed by atoms with E-state index in [1.54, 1.807) is 18.2 Å². The smallest absolute Gasteiger partial charge is 0.426 e. The topological polar surface area (TPSA) is 138 Å². The Kier molecular flexibility index (Phi) is 11.6. The molecule has 1 saturated carbocycles. The van der Waals surface area contributed by atoms with E-state index in [0.29, 0.717) is 11.6 Å². The largest absolute Gasteiger partial charge is 0.464 e. The van der Waals surface area contributed by atoms with Gasteiger partial charge in [-0.2, -0.15) is 26.3 Å². The van der Waals surface area contributed by atoms with Crippen molar-refractivity contribution in [2.24, 2.45) is 0 Å². The molecule has 0 bridgehead atoms. The van der Waals surface area contributed by atoms with Gasteiger partial charge in [-0.15, -0.1) is 10.2 Å². The minimum Gasteiger partial charge on any atom is -0.464 e. The molecular formula is C32H35F8N5O6. The first kappa shape index (κ1) is 39.4. The molecule has 1 aromatic carbocycles. The molecule has 1 unspecified atom stereocenters. The summed E-state index contributed by atoms with van der Waals surface area (Å²) in [6, 6.07) is 7.62. The second kappa shape index (κ2) is 15.1. The average Bonchev–Trinajstić information content (AvgIpc) is 3.49. The predicted molar refractivity (Wildman–Crippen MR) is 163 cm³/mol. The quantitative estimate of drug-likeness (QED) is 0.102. The van der Waals surface area contributed by atoms with E-state index in [4.69, 9.17) is 13.9 Å². The average molecular weight is 738 g/mol. The Labute approximate surface area is 286 Å². The molecule has 0 saturated heterocycles. The van der Waals surface area contributed by atoms with Gasteiger partial charge >= 0.3 is 24.4 Å². The number of alkyl halides is 8. The third-order valence-electron chi connectivity index (χ3n) is 7.58. The standard InChI is InChI=1S/C32H35F8N5O6/c1-28(2,3)51-27(47)42-21-14-20(31(35,36)37)22(25(46)48-4)43-23(21)24-44-45-26(50-24)30(32(38,39)40,49-17-18-10-6-5-7-11-18)12-8-9-13-41-19-15-29(33,34)16-19/h5-7,10-11,14,19,41H,8-9,12-13,15-17H2,1-4H3,(H,42,47). The zero-order chi connectivity index (χ0) is 37.8. The lowest BCUT2D eigenvalue weighted by Crippen LogP contribution is -2.48. The molecule has 1 aliphatic rings. The van der Waals surface area contributed by atoms with E-state index in [1.165, 1.54) is 32.9 Å². The summed E-state index contributed by atoms with van der Waals surface area (Å²) in [5, 5.41) is 12.1. The minimum absolute atomic E-state index is 0.0997. The number of nitrogens with zero attached hydrogens (tertiary/aromatic N) is 3. The Morgan fingerprint density at radius 2 is 1.67 bits per heavy atom. The number of ether oxygens (including phenoxy) is 3. The highest BCUT2D eigenvalue weighted by Gasteiger charge is 2.61. The van der Waals surface area contributed by atoms with Gasteiger partial charge in [0.1, 0.15) is 5.60 Å². The van der Waals surface area contributed by atoms with Crippen molar-refractivity contribution < 1.29 is 63.3 Å². The fraction of sp³-hybridized carbons (Fsp3) is 0.531. The number of hydrogen-bond donors (Lipinski definition) is 2. The maximum atomic E-state index is 15.1.